The van der Waals surface area contributed by atoms with Crippen LogP contribution < -0.4 is 10.2 Å². The third-order valence-electron chi connectivity index (χ3n) is 6.82. The van der Waals surface area contributed by atoms with E-state index in [4.69, 9.17) is 23.2 Å². The van der Waals surface area contributed by atoms with Gasteiger partial charge in [0.05, 0.1) is 5.69 Å². The van der Waals surface area contributed by atoms with Crippen molar-refractivity contribution in [2.45, 2.75) is 19.0 Å². The molecule has 0 spiro atoms. The largest absolute Gasteiger partial charge is 0.357 e. The van der Waals surface area contributed by atoms with E-state index in [-0.39, 0.29) is 30.8 Å². The van der Waals surface area contributed by atoms with Crippen molar-refractivity contribution >= 4 is 57.4 Å². The molecular formula is C30H25Cl2N3O3. The quantitative estimate of drug-likeness (QED) is 0.318. The summed E-state index contributed by atoms with van der Waals surface area (Å²) in [4.78, 5) is 43.6. The molecule has 1 atom stereocenters. The van der Waals surface area contributed by atoms with Gasteiger partial charge in [-0.2, -0.15) is 0 Å². The van der Waals surface area contributed by atoms with Crippen molar-refractivity contribution in [3.8, 4) is 0 Å². The number of carbonyl (C=O) groups excluding carboxylic acids is 3. The molecule has 1 aliphatic heterocycles. The Labute approximate surface area is 230 Å². The lowest BCUT2D eigenvalue weighted by molar-refractivity contribution is -0.140. The fourth-order valence-corrected chi connectivity index (χ4v) is 5.38. The standard InChI is InChI=1S/C30H25Cl2N3O3/c1-33-29(37)26(15-19-7-3-2-4-8-19)34(17-21-13-14-22(31)16-24(21)32)27(36)18-35-25-12-6-10-20-9-5-11-23(28(20)25)30(35)38/h2-14,16,26H,15,17-18H2,1H3,(H,33,37). The van der Waals surface area contributed by atoms with Crippen LogP contribution in [-0.2, 0) is 22.6 Å². The lowest BCUT2D eigenvalue weighted by Gasteiger charge is -2.33. The Bertz CT molecular complexity index is 1540. The number of likely N-dealkylation sites (N-methyl/N-ethyl adjacent to an activating group) is 1. The number of rotatable bonds is 8. The molecular weight excluding hydrogens is 521 g/mol. The summed E-state index contributed by atoms with van der Waals surface area (Å²) in [6, 6.07) is 24.9. The number of hydrogen-bond donors (Lipinski definition) is 1. The molecule has 3 amide bonds. The van der Waals surface area contributed by atoms with E-state index in [0.29, 0.717) is 33.3 Å². The molecule has 1 aliphatic rings. The molecule has 0 radical (unpaired) electrons. The molecule has 0 saturated heterocycles. The van der Waals surface area contributed by atoms with Gasteiger partial charge in [0.15, 0.2) is 0 Å². The van der Waals surface area contributed by atoms with Crippen LogP contribution in [0.5, 0.6) is 0 Å². The van der Waals surface area contributed by atoms with E-state index in [2.05, 4.69) is 5.32 Å². The molecule has 1 N–H and O–H groups in total. The Hall–Kier alpha value is -3.87. The molecule has 4 aromatic rings. The average molecular weight is 546 g/mol. The van der Waals surface area contributed by atoms with Crippen molar-refractivity contribution in [1.82, 2.24) is 10.2 Å². The zero-order chi connectivity index (χ0) is 26.8. The first-order valence-corrected chi connectivity index (χ1v) is 13.0. The van der Waals surface area contributed by atoms with Crippen LogP contribution in [0.15, 0.2) is 84.9 Å². The van der Waals surface area contributed by atoms with Crippen LogP contribution in [0, 0.1) is 0 Å². The van der Waals surface area contributed by atoms with Crippen molar-refractivity contribution in [3.63, 3.8) is 0 Å². The van der Waals surface area contributed by atoms with Gasteiger partial charge in [-0.05, 0) is 40.8 Å². The number of anilines is 1. The molecule has 1 heterocycles. The molecule has 4 aromatic carbocycles. The zero-order valence-electron chi connectivity index (χ0n) is 20.7. The minimum absolute atomic E-state index is 0.0684. The Kier molecular flexibility index (Phi) is 7.36. The van der Waals surface area contributed by atoms with Crippen LogP contribution in [0.4, 0.5) is 5.69 Å². The Balaban J connectivity index is 1.52. The van der Waals surface area contributed by atoms with Crippen molar-refractivity contribution in [3.05, 3.63) is 112 Å². The number of halogens is 2. The highest BCUT2D eigenvalue weighted by molar-refractivity contribution is 6.35. The zero-order valence-corrected chi connectivity index (χ0v) is 22.2. The highest BCUT2D eigenvalue weighted by atomic mass is 35.5. The summed E-state index contributed by atoms with van der Waals surface area (Å²) in [6.07, 6.45) is 0.293. The summed E-state index contributed by atoms with van der Waals surface area (Å²) in [5.74, 6) is -0.932. The maximum atomic E-state index is 14.0. The molecule has 1 unspecified atom stereocenters. The maximum Gasteiger partial charge on any atom is 0.259 e. The van der Waals surface area contributed by atoms with Gasteiger partial charge >= 0.3 is 0 Å². The average Bonchev–Trinajstić information content (AvgIpc) is 3.19. The number of hydrogen-bond acceptors (Lipinski definition) is 3. The number of carbonyl (C=O) groups is 3. The van der Waals surface area contributed by atoms with Gasteiger partial charge in [-0.1, -0.05) is 83.9 Å². The summed E-state index contributed by atoms with van der Waals surface area (Å²) >= 11 is 12.6. The van der Waals surface area contributed by atoms with Gasteiger partial charge < -0.3 is 10.2 Å². The molecule has 6 nitrogen and oxygen atoms in total. The summed E-state index contributed by atoms with van der Waals surface area (Å²) in [6.45, 7) is -0.154. The Morgan fingerprint density at radius 1 is 0.947 bits per heavy atom. The normalized spacial score (nSPS) is 13.0. The minimum Gasteiger partial charge on any atom is -0.357 e. The highest BCUT2D eigenvalue weighted by Crippen LogP contribution is 2.37. The molecule has 5 rings (SSSR count). The van der Waals surface area contributed by atoms with E-state index in [0.717, 1.165) is 16.3 Å². The second-order valence-corrected chi connectivity index (χ2v) is 9.99. The fraction of sp³-hybridized carbons (Fsp3) is 0.167. The van der Waals surface area contributed by atoms with Crippen LogP contribution in [0.3, 0.4) is 0 Å². The maximum absolute atomic E-state index is 14.0. The van der Waals surface area contributed by atoms with Crippen molar-refractivity contribution < 1.29 is 14.4 Å². The predicted molar refractivity (Wildman–Crippen MR) is 151 cm³/mol. The lowest BCUT2D eigenvalue weighted by Crippen LogP contribution is -2.52. The van der Waals surface area contributed by atoms with Gasteiger partial charge in [0.1, 0.15) is 12.6 Å². The lowest BCUT2D eigenvalue weighted by atomic mass is 10.0. The fourth-order valence-electron chi connectivity index (χ4n) is 4.92. The number of nitrogens with one attached hydrogen (secondary N) is 1. The Morgan fingerprint density at radius 3 is 2.39 bits per heavy atom. The van der Waals surface area contributed by atoms with Crippen LogP contribution in [-0.4, -0.2) is 42.3 Å². The van der Waals surface area contributed by atoms with Gasteiger partial charge in [-0.15, -0.1) is 0 Å². The predicted octanol–water partition coefficient (Wildman–Crippen LogP) is 5.49. The molecule has 192 valence electrons. The third-order valence-corrected chi connectivity index (χ3v) is 7.40. The summed E-state index contributed by atoms with van der Waals surface area (Å²) in [7, 11) is 1.54. The highest BCUT2D eigenvalue weighted by Gasteiger charge is 2.35. The molecule has 0 aromatic heterocycles. The monoisotopic (exact) mass is 545 g/mol. The van der Waals surface area contributed by atoms with Gasteiger partial charge in [0.25, 0.3) is 5.91 Å². The van der Waals surface area contributed by atoms with Crippen LogP contribution in [0.2, 0.25) is 10.0 Å². The first kappa shape index (κ1) is 25.8. The third kappa shape index (κ3) is 4.97. The van der Waals surface area contributed by atoms with Crippen molar-refractivity contribution in [2.24, 2.45) is 0 Å². The first-order chi connectivity index (χ1) is 18.4. The molecule has 8 heteroatoms. The van der Waals surface area contributed by atoms with Crippen molar-refractivity contribution in [1.29, 1.82) is 0 Å². The Morgan fingerprint density at radius 2 is 1.68 bits per heavy atom. The molecule has 0 bridgehead atoms. The second kappa shape index (κ2) is 10.9. The van der Waals surface area contributed by atoms with Crippen molar-refractivity contribution in [2.75, 3.05) is 18.5 Å². The van der Waals surface area contributed by atoms with Gasteiger partial charge in [-0.25, -0.2) is 0 Å². The second-order valence-electron chi connectivity index (χ2n) is 9.15. The van der Waals surface area contributed by atoms with Gasteiger partial charge in [-0.3, -0.25) is 19.3 Å². The summed E-state index contributed by atoms with van der Waals surface area (Å²) < 4.78 is 0. The number of amides is 3. The van der Waals surface area contributed by atoms with Crippen LogP contribution >= 0.6 is 23.2 Å². The van der Waals surface area contributed by atoms with E-state index in [1.807, 2.05) is 60.7 Å². The van der Waals surface area contributed by atoms with E-state index >= 15 is 0 Å². The molecule has 38 heavy (non-hydrogen) atoms. The number of nitrogens with zero attached hydrogens (tertiary/aromatic N) is 2. The van der Waals surface area contributed by atoms with E-state index in [1.165, 1.54) is 9.80 Å². The summed E-state index contributed by atoms with van der Waals surface area (Å²) in [5, 5.41) is 5.31. The van der Waals surface area contributed by atoms with E-state index < -0.39 is 6.04 Å². The molecule has 0 aliphatic carbocycles. The SMILES string of the molecule is CNC(=O)C(Cc1ccccc1)N(Cc1ccc(Cl)cc1Cl)C(=O)CN1C(=O)c2cccc3cccc1c23. The smallest absolute Gasteiger partial charge is 0.259 e. The van der Waals surface area contributed by atoms with E-state index in [1.54, 1.807) is 31.3 Å². The molecule has 0 saturated carbocycles. The first-order valence-electron chi connectivity index (χ1n) is 12.2. The minimum atomic E-state index is -0.836. The van der Waals surface area contributed by atoms with Gasteiger partial charge in [0, 0.05) is 41.0 Å². The van der Waals surface area contributed by atoms with Crippen LogP contribution in [0.1, 0.15) is 21.5 Å². The molecule has 0 fully saturated rings. The van der Waals surface area contributed by atoms with Crippen LogP contribution in [0.25, 0.3) is 10.8 Å². The van der Waals surface area contributed by atoms with Gasteiger partial charge in [0.2, 0.25) is 11.8 Å². The summed E-state index contributed by atoms with van der Waals surface area (Å²) in [5.41, 5.74) is 2.78. The number of benzene rings is 4. The van der Waals surface area contributed by atoms with E-state index in [9.17, 15) is 14.4 Å². The topological polar surface area (TPSA) is 69.7 Å².